The second kappa shape index (κ2) is 10.8. The van der Waals surface area contributed by atoms with Crippen molar-refractivity contribution in [1.82, 2.24) is 0 Å². The van der Waals surface area contributed by atoms with Gasteiger partial charge in [0.15, 0.2) is 0 Å². The predicted octanol–water partition coefficient (Wildman–Crippen LogP) is -2.97. The third-order valence-electron chi connectivity index (χ3n) is 3.17. The maximum Gasteiger partial charge on any atom is 0.364 e. The summed E-state index contributed by atoms with van der Waals surface area (Å²) in [6, 6.07) is 0. The Balaban J connectivity index is 4.69. The zero-order chi connectivity index (χ0) is 18.0. The van der Waals surface area contributed by atoms with Crippen molar-refractivity contribution in [1.29, 1.82) is 0 Å². The molecule has 10 nitrogen and oxygen atoms in total. The molecule has 0 saturated heterocycles. The number of hydrogen-bond donors (Lipinski definition) is 7. The Kier molecular flexibility index (Phi) is 10.4. The van der Waals surface area contributed by atoms with Crippen molar-refractivity contribution in [3.05, 3.63) is 0 Å². The van der Waals surface area contributed by atoms with Crippen molar-refractivity contribution in [2.45, 2.75) is 50.0 Å². The lowest BCUT2D eigenvalue weighted by atomic mass is 10.1. The molecule has 0 rings (SSSR count). The largest absolute Gasteiger partial charge is 0.477 e. The smallest absolute Gasteiger partial charge is 0.364 e. The molecule has 5 atom stereocenters. The van der Waals surface area contributed by atoms with Crippen molar-refractivity contribution in [2.24, 2.45) is 0 Å². The number of carboxylic acid groups (broad SMARTS) is 1. The third-order valence-corrected chi connectivity index (χ3v) is 3.17. The molecule has 3 unspecified atom stereocenters. The van der Waals surface area contributed by atoms with E-state index in [0.29, 0.717) is 0 Å². The summed E-state index contributed by atoms with van der Waals surface area (Å²) in [5, 5.41) is 64.2. The highest BCUT2D eigenvalue weighted by molar-refractivity contribution is 5.75. The number of ether oxygens (including phenoxy) is 2. The van der Waals surface area contributed by atoms with Gasteiger partial charge in [-0.1, -0.05) is 6.92 Å². The topological polar surface area (TPSA) is 177 Å². The van der Waals surface area contributed by atoms with Crippen LogP contribution >= 0.6 is 0 Å². The van der Waals surface area contributed by atoms with E-state index in [-0.39, 0.29) is 12.8 Å². The van der Waals surface area contributed by atoms with Gasteiger partial charge in [-0.05, 0) is 0 Å². The Bertz CT molecular complexity index is 339. The average molecular weight is 342 g/mol. The van der Waals surface area contributed by atoms with Gasteiger partial charge in [0.05, 0.1) is 38.6 Å². The van der Waals surface area contributed by atoms with Gasteiger partial charge in [0, 0.05) is 12.8 Å². The highest BCUT2D eigenvalue weighted by atomic mass is 16.7. The second-order valence-corrected chi connectivity index (χ2v) is 5.08. The molecule has 23 heavy (non-hydrogen) atoms. The summed E-state index contributed by atoms with van der Waals surface area (Å²) in [5.74, 6) is -3.66. The van der Waals surface area contributed by atoms with Crippen molar-refractivity contribution in [3.8, 4) is 0 Å². The van der Waals surface area contributed by atoms with Crippen LogP contribution in [0.2, 0.25) is 0 Å². The average Bonchev–Trinajstić information content (AvgIpc) is 2.53. The molecule has 0 heterocycles. The first-order valence-electron chi connectivity index (χ1n) is 7.17. The maximum atomic E-state index is 11.4. The minimum absolute atomic E-state index is 0.167. The second-order valence-electron chi connectivity index (χ2n) is 5.08. The molecule has 0 aromatic heterocycles. The zero-order valence-electron chi connectivity index (χ0n) is 12.9. The normalized spacial score (nSPS) is 19.6. The standard InChI is InChI=1S/C13H26O10/c1-2-13(12(20)21,23-7-11(19)10(18)5-15)22-6-9(17)3-8(16)4-14/h8-11,14-19H,2-7H2,1H3,(H,20,21)/t8?,9?,10?,11-,13+/m0/s1. The number of carbonyl (C=O) groups is 1. The van der Waals surface area contributed by atoms with Gasteiger partial charge in [0.2, 0.25) is 0 Å². The van der Waals surface area contributed by atoms with E-state index in [4.69, 9.17) is 19.7 Å². The van der Waals surface area contributed by atoms with Crippen LogP contribution in [0.15, 0.2) is 0 Å². The SMILES string of the molecule is CC[C@@](OCC(O)CC(O)CO)(OC[C@H](O)C(O)CO)C(=O)O. The van der Waals surface area contributed by atoms with Gasteiger partial charge in [0.1, 0.15) is 12.2 Å². The summed E-state index contributed by atoms with van der Waals surface area (Å²) < 4.78 is 10.1. The zero-order valence-corrected chi connectivity index (χ0v) is 12.9. The van der Waals surface area contributed by atoms with Gasteiger partial charge in [-0.25, -0.2) is 4.79 Å². The highest BCUT2D eigenvalue weighted by Gasteiger charge is 2.41. The molecule has 0 aliphatic heterocycles. The lowest BCUT2D eigenvalue weighted by molar-refractivity contribution is -0.261. The Labute approximate surface area is 133 Å². The highest BCUT2D eigenvalue weighted by Crippen LogP contribution is 2.20. The Morgan fingerprint density at radius 1 is 0.957 bits per heavy atom. The number of aliphatic carboxylic acids is 1. The molecule has 0 spiro atoms. The summed E-state index contributed by atoms with van der Waals surface area (Å²) in [6.45, 7) is -0.947. The van der Waals surface area contributed by atoms with Gasteiger partial charge in [0.25, 0.3) is 5.79 Å². The van der Waals surface area contributed by atoms with Gasteiger partial charge in [-0.3, -0.25) is 0 Å². The molecule has 7 N–H and O–H groups in total. The van der Waals surface area contributed by atoms with E-state index in [1.807, 2.05) is 0 Å². The lowest BCUT2D eigenvalue weighted by Crippen LogP contribution is -2.48. The first kappa shape index (κ1) is 22.1. The van der Waals surface area contributed by atoms with Gasteiger partial charge in [-0.2, -0.15) is 0 Å². The molecular weight excluding hydrogens is 316 g/mol. The number of hydrogen-bond acceptors (Lipinski definition) is 9. The van der Waals surface area contributed by atoms with Crippen LogP contribution in [0, 0.1) is 0 Å². The van der Waals surface area contributed by atoms with E-state index >= 15 is 0 Å². The molecule has 0 aromatic rings. The number of aliphatic hydroxyl groups is 6. The van der Waals surface area contributed by atoms with Crippen LogP contribution in [0.3, 0.4) is 0 Å². The summed E-state index contributed by atoms with van der Waals surface area (Å²) >= 11 is 0. The van der Waals surface area contributed by atoms with E-state index < -0.39 is 62.6 Å². The molecule has 0 bridgehead atoms. The molecule has 0 aromatic carbocycles. The fourth-order valence-corrected chi connectivity index (χ4v) is 1.66. The molecule has 0 amide bonds. The van der Waals surface area contributed by atoms with Gasteiger partial charge < -0.3 is 45.2 Å². The van der Waals surface area contributed by atoms with Crippen molar-refractivity contribution in [3.63, 3.8) is 0 Å². The Morgan fingerprint density at radius 2 is 1.52 bits per heavy atom. The molecule has 10 heteroatoms. The maximum absolute atomic E-state index is 11.4. The quantitative estimate of drug-likeness (QED) is 0.171. The number of rotatable bonds is 13. The summed E-state index contributed by atoms with van der Waals surface area (Å²) in [7, 11) is 0. The van der Waals surface area contributed by atoms with E-state index in [9.17, 15) is 30.3 Å². The molecular formula is C13H26O10. The van der Waals surface area contributed by atoms with Gasteiger partial charge >= 0.3 is 5.97 Å². The molecule has 0 fully saturated rings. The van der Waals surface area contributed by atoms with E-state index in [1.165, 1.54) is 6.92 Å². The molecule has 0 saturated carbocycles. The fraction of sp³-hybridized carbons (Fsp3) is 0.923. The first-order chi connectivity index (χ1) is 10.7. The van der Waals surface area contributed by atoms with Crippen molar-refractivity contribution < 1.29 is 50.0 Å². The Hall–Kier alpha value is -0.850. The van der Waals surface area contributed by atoms with E-state index in [1.54, 1.807) is 0 Å². The van der Waals surface area contributed by atoms with Crippen LogP contribution < -0.4 is 0 Å². The van der Waals surface area contributed by atoms with Crippen molar-refractivity contribution >= 4 is 5.97 Å². The van der Waals surface area contributed by atoms with E-state index in [0.717, 1.165) is 0 Å². The predicted molar refractivity (Wildman–Crippen MR) is 75.4 cm³/mol. The van der Waals surface area contributed by atoms with Crippen LogP contribution in [0.1, 0.15) is 19.8 Å². The van der Waals surface area contributed by atoms with E-state index in [2.05, 4.69) is 0 Å². The van der Waals surface area contributed by atoms with Crippen molar-refractivity contribution in [2.75, 3.05) is 26.4 Å². The Morgan fingerprint density at radius 3 is 1.96 bits per heavy atom. The molecule has 0 aliphatic rings. The molecule has 138 valence electrons. The monoisotopic (exact) mass is 342 g/mol. The third kappa shape index (κ3) is 7.50. The van der Waals surface area contributed by atoms with Crippen LogP contribution in [0.25, 0.3) is 0 Å². The number of aliphatic hydroxyl groups excluding tert-OH is 6. The summed E-state index contributed by atoms with van der Waals surface area (Å²) in [6.07, 6.45) is -5.81. The van der Waals surface area contributed by atoms with Gasteiger partial charge in [-0.15, -0.1) is 0 Å². The lowest BCUT2D eigenvalue weighted by Gasteiger charge is -2.31. The number of carboxylic acids is 1. The fourth-order valence-electron chi connectivity index (χ4n) is 1.66. The minimum atomic E-state index is -2.17. The van der Waals surface area contributed by atoms with Crippen LogP contribution in [-0.4, -0.2) is 98.3 Å². The minimum Gasteiger partial charge on any atom is -0.477 e. The first-order valence-corrected chi connectivity index (χ1v) is 7.17. The van der Waals surface area contributed by atoms with Crippen LogP contribution in [-0.2, 0) is 14.3 Å². The summed E-state index contributed by atoms with van der Waals surface area (Å²) in [5.41, 5.74) is 0. The molecule has 0 aliphatic carbocycles. The van der Waals surface area contributed by atoms with Crippen LogP contribution in [0.5, 0.6) is 0 Å². The molecule has 0 radical (unpaired) electrons. The summed E-state index contributed by atoms with van der Waals surface area (Å²) in [4.78, 5) is 11.4. The van der Waals surface area contributed by atoms with Crippen LogP contribution in [0.4, 0.5) is 0 Å².